The number of aromatic nitrogens is 5. The number of nitrogens with one attached hydrogen (secondary N) is 1. The summed E-state index contributed by atoms with van der Waals surface area (Å²) in [5.41, 5.74) is 8.28. The smallest absolute Gasteiger partial charge is 0.315 e. The molecule has 13 nitrogen and oxygen atoms in total. The highest BCUT2D eigenvalue weighted by atomic mass is 35.5. The number of rotatable bonds is 22. The van der Waals surface area contributed by atoms with Gasteiger partial charge in [0.2, 0.25) is 5.95 Å². The van der Waals surface area contributed by atoms with Crippen molar-refractivity contribution in [3.05, 3.63) is 178 Å². The average molecular weight is 940 g/mol. The van der Waals surface area contributed by atoms with Gasteiger partial charge in [0.25, 0.3) is 11.5 Å². The third-order valence-electron chi connectivity index (χ3n) is 11.6. The fraction of sp³-hybridized carbons (Fsp3) is 0.296. The van der Waals surface area contributed by atoms with Gasteiger partial charge in [-0.25, -0.2) is 4.98 Å². The molecule has 3 aromatic heterocycles. The topological polar surface area (TPSA) is 173 Å². The highest BCUT2D eigenvalue weighted by Gasteiger charge is 2.44. The van der Waals surface area contributed by atoms with E-state index in [-0.39, 0.29) is 48.0 Å². The lowest BCUT2D eigenvalue weighted by Crippen LogP contribution is -2.26. The van der Waals surface area contributed by atoms with E-state index in [4.69, 9.17) is 31.5 Å². The van der Waals surface area contributed by atoms with E-state index in [1.165, 1.54) is 13.4 Å². The number of allylic oxidation sites excluding steroid dienone is 12. The van der Waals surface area contributed by atoms with Crippen molar-refractivity contribution >= 4 is 57.5 Å². The van der Waals surface area contributed by atoms with E-state index in [9.17, 15) is 19.2 Å². The molecule has 1 saturated carbocycles. The van der Waals surface area contributed by atoms with Gasteiger partial charge in [-0.3, -0.25) is 28.7 Å². The molecule has 2 aromatic carbocycles. The lowest BCUT2D eigenvalue weighted by atomic mass is 9.99. The van der Waals surface area contributed by atoms with Crippen LogP contribution in [-0.2, 0) is 25.5 Å². The van der Waals surface area contributed by atoms with Crippen LogP contribution in [0.25, 0.3) is 22.1 Å². The second-order valence-corrected chi connectivity index (χ2v) is 16.7. The maximum atomic E-state index is 14.0. The minimum absolute atomic E-state index is 0.0169. The van der Waals surface area contributed by atoms with Crippen molar-refractivity contribution in [2.45, 2.75) is 90.2 Å². The number of methoxy groups -OCH3 is 1. The van der Waals surface area contributed by atoms with Crippen LogP contribution in [-0.4, -0.2) is 55.1 Å². The van der Waals surface area contributed by atoms with Gasteiger partial charge in [0, 0.05) is 34.5 Å². The van der Waals surface area contributed by atoms with Crippen molar-refractivity contribution in [1.29, 1.82) is 0 Å². The molecule has 0 bridgehead atoms. The quantitative estimate of drug-likeness (QED) is 0.0386. The summed E-state index contributed by atoms with van der Waals surface area (Å²) < 4.78 is 20.8. The van der Waals surface area contributed by atoms with E-state index in [0.717, 1.165) is 38.5 Å². The SMILES string of the molecule is C=C(OC(=O)Cc1c(C)n(C(=O)c2ccc(Cl)cc2)c2ccc(OC)cc12)[C@H]1C(=C)[C@@H](n2cnc3c(=O)[nH]c(N)nc32)C[C@@H]1OC(=O)CC/C=C\C/C=C\C/C=C\C/C=C\C/C=C\C/C=C\CC. The molecule has 6 rings (SSSR count). The molecule has 68 heavy (non-hydrogen) atoms. The Bertz CT molecular complexity index is 2880. The van der Waals surface area contributed by atoms with Crippen molar-refractivity contribution in [3.63, 3.8) is 0 Å². The van der Waals surface area contributed by atoms with Gasteiger partial charge in [-0.15, -0.1) is 0 Å². The number of fused-ring (bicyclic) bond motifs is 2. The molecule has 354 valence electrons. The molecule has 1 aliphatic carbocycles. The maximum Gasteiger partial charge on any atom is 0.315 e. The Morgan fingerprint density at radius 3 is 2.13 bits per heavy atom. The highest BCUT2D eigenvalue weighted by molar-refractivity contribution is 6.30. The van der Waals surface area contributed by atoms with Crippen LogP contribution in [0.4, 0.5) is 5.95 Å². The van der Waals surface area contributed by atoms with Crippen molar-refractivity contribution in [2.24, 2.45) is 5.92 Å². The molecule has 0 aliphatic heterocycles. The van der Waals surface area contributed by atoms with Crippen LogP contribution in [0.1, 0.15) is 92.4 Å². The number of anilines is 1. The maximum absolute atomic E-state index is 14.0. The number of ether oxygens (including phenoxy) is 3. The Hall–Kier alpha value is -7.25. The van der Waals surface area contributed by atoms with Crippen LogP contribution in [0.5, 0.6) is 5.75 Å². The van der Waals surface area contributed by atoms with Gasteiger partial charge in [0.15, 0.2) is 11.2 Å². The highest BCUT2D eigenvalue weighted by Crippen LogP contribution is 2.45. The predicted octanol–water partition coefficient (Wildman–Crippen LogP) is 11.1. The molecule has 0 saturated heterocycles. The normalized spacial score (nSPS) is 16.6. The standard InChI is InChI=1S/C54H59ClN6O7/c1-6-7-8-9-10-11-12-13-14-15-16-17-18-19-20-21-22-23-24-25-47(62)68-46-34-45(60-35-57-50-51(60)58-54(56)59-52(50)64)36(2)49(46)38(4)67-48(63)33-42-37(3)61(44-31-30-41(66-5)32-43(42)44)53(65)39-26-28-40(55)29-27-39/h7-8,10-11,13-14,16-17,19-20,22-23,26-32,35,45-46,49H,2,4,6,9,12,15,18,21,24-25,33-34H2,1,3,5H3,(H3,56,58,59,64)/b8-7-,11-10-,14-13-,17-16-,20-19-,23-22-/t45-,46-,49+/m0/s1. The van der Waals surface area contributed by atoms with Gasteiger partial charge in [0.05, 0.1) is 37.3 Å². The second-order valence-electron chi connectivity index (χ2n) is 16.3. The molecule has 3 heterocycles. The molecule has 0 unspecified atom stereocenters. The molecule has 3 atom stereocenters. The third-order valence-corrected chi connectivity index (χ3v) is 11.8. The van der Waals surface area contributed by atoms with Gasteiger partial charge >= 0.3 is 11.9 Å². The number of esters is 2. The lowest BCUT2D eigenvalue weighted by Gasteiger charge is -2.22. The van der Waals surface area contributed by atoms with Crippen LogP contribution in [0, 0.1) is 12.8 Å². The van der Waals surface area contributed by atoms with Gasteiger partial charge < -0.3 is 24.5 Å². The van der Waals surface area contributed by atoms with Crippen LogP contribution < -0.4 is 16.0 Å². The van der Waals surface area contributed by atoms with Crippen LogP contribution in [0.15, 0.2) is 151 Å². The van der Waals surface area contributed by atoms with E-state index < -0.39 is 35.6 Å². The van der Waals surface area contributed by atoms with Gasteiger partial charge in [-0.05, 0) is 105 Å². The van der Waals surface area contributed by atoms with E-state index in [1.54, 1.807) is 58.5 Å². The molecule has 1 fully saturated rings. The molecule has 0 spiro atoms. The predicted molar refractivity (Wildman–Crippen MR) is 270 cm³/mol. The fourth-order valence-corrected chi connectivity index (χ4v) is 8.33. The Morgan fingerprint density at radius 1 is 0.897 bits per heavy atom. The Labute approximate surface area is 401 Å². The van der Waals surface area contributed by atoms with Crippen LogP contribution in [0.2, 0.25) is 5.02 Å². The summed E-state index contributed by atoms with van der Waals surface area (Å²) in [5.74, 6) is -1.79. The third kappa shape index (κ3) is 12.8. The number of nitrogens with zero attached hydrogens (tertiary/aromatic N) is 4. The first-order chi connectivity index (χ1) is 32.9. The number of hydrogen-bond donors (Lipinski definition) is 2. The number of benzene rings is 2. The first-order valence-electron chi connectivity index (χ1n) is 22.8. The molecule has 1 aliphatic rings. The van der Waals surface area contributed by atoms with Gasteiger partial charge in [0.1, 0.15) is 17.6 Å². The first-order valence-corrected chi connectivity index (χ1v) is 23.2. The summed E-state index contributed by atoms with van der Waals surface area (Å²) in [6, 6.07) is 11.3. The summed E-state index contributed by atoms with van der Waals surface area (Å²) in [7, 11) is 1.54. The monoisotopic (exact) mass is 938 g/mol. The van der Waals surface area contributed by atoms with E-state index in [2.05, 4.69) is 95.8 Å². The summed E-state index contributed by atoms with van der Waals surface area (Å²) >= 11 is 6.10. The molecule has 0 radical (unpaired) electrons. The lowest BCUT2D eigenvalue weighted by molar-refractivity contribution is -0.150. The Kier molecular flexibility index (Phi) is 18.1. The number of hydrogen-bond acceptors (Lipinski definition) is 10. The van der Waals surface area contributed by atoms with Gasteiger partial charge in [-0.2, -0.15) is 4.98 Å². The summed E-state index contributed by atoms with van der Waals surface area (Å²) in [6.07, 6.45) is 32.1. The van der Waals surface area contributed by atoms with Crippen molar-refractivity contribution in [3.8, 4) is 5.75 Å². The average Bonchev–Trinajstić information content (AvgIpc) is 3.97. The Morgan fingerprint density at radius 2 is 1.51 bits per heavy atom. The number of nitrogens with two attached hydrogens (primary N) is 1. The van der Waals surface area contributed by atoms with Crippen molar-refractivity contribution in [2.75, 3.05) is 12.8 Å². The number of nitrogen functional groups attached to an aromatic ring is 1. The number of halogens is 1. The molecular weight excluding hydrogens is 880 g/mol. The number of H-pyrrole nitrogens is 1. The molecule has 0 amide bonds. The number of aromatic amines is 1. The van der Waals surface area contributed by atoms with E-state index >= 15 is 0 Å². The zero-order valence-corrected chi connectivity index (χ0v) is 39.6. The van der Waals surface area contributed by atoms with E-state index in [1.807, 2.05) is 12.2 Å². The zero-order chi connectivity index (χ0) is 48.6. The van der Waals surface area contributed by atoms with Crippen LogP contribution >= 0.6 is 11.6 Å². The number of carbonyl (C=O) groups excluding carboxylic acids is 3. The minimum atomic E-state index is -0.840. The first kappa shape index (κ1) is 50.2. The number of carbonyl (C=O) groups is 3. The molecule has 14 heteroatoms. The summed E-state index contributed by atoms with van der Waals surface area (Å²) in [5, 5.41) is 1.12. The molecule has 3 N–H and O–H groups in total. The summed E-state index contributed by atoms with van der Waals surface area (Å²) in [4.78, 5) is 65.0. The molecule has 5 aromatic rings. The fourth-order valence-electron chi connectivity index (χ4n) is 8.20. The van der Waals surface area contributed by atoms with Crippen molar-refractivity contribution < 1.29 is 28.6 Å². The van der Waals surface area contributed by atoms with Crippen LogP contribution in [0.3, 0.4) is 0 Å². The van der Waals surface area contributed by atoms with Crippen molar-refractivity contribution in [1.82, 2.24) is 24.1 Å². The van der Waals surface area contributed by atoms with Gasteiger partial charge in [-0.1, -0.05) is 105 Å². The zero-order valence-electron chi connectivity index (χ0n) is 38.9. The second kappa shape index (κ2) is 24.5. The Balaban J connectivity index is 1.09. The summed E-state index contributed by atoms with van der Waals surface area (Å²) in [6.45, 7) is 12.4. The van der Waals surface area contributed by atoms with E-state index in [0.29, 0.717) is 50.5 Å². The largest absolute Gasteiger partial charge is 0.497 e. The number of imidazole rings is 1. The minimum Gasteiger partial charge on any atom is -0.497 e. The molecular formula is C54H59ClN6O7.